The number of nitrogens with one attached hydrogen (secondary N) is 1. The van der Waals surface area contributed by atoms with Crippen LogP contribution in [0.4, 0.5) is 5.82 Å². The number of hydrogen-bond acceptors (Lipinski definition) is 5. The van der Waals surface area contributed by atoms with Crippen molar-refractivity contribution >= 4 is 38.2 Å². The van der Waals surface area contributed by atoms with Crippen LogP contribution in [0.5, 0.6) is 0 Å². The molecular formula is C14H19N3OS2. The predicted octanol–water partition coefficient (Wildman–Crippen LogP) is 3.18. The maximum atomic E-state index is 12.0. The first kappa shape index (κ1) is 13.9. The van der Waals surface area contributed by atoms with Crippen molar-refractivity contribution in [2.24, 2.45) is 0 Å². The second-order valence-corrected chi connectivity index (χ2v) is 8.06. The van der Waals surface area contributed by atoms with Gasteiger partial charge in [-0.25, -0.2) is 9.97 Å². The van der Waals surface area contributed by atoms with E-state index < -0.39 is 10.8 Å². The fourth-order valence-corrected chi connectivity index (χ4v) is 4.93. The third-order valence-corrected chi connectivity index (χ3v) is 6.45. The molecule has 0 radical (unpaired) electrons. The van der Waals surface area contributed by atoms with Gasteiger partial charge in [-0.3, -0.25) is 4.21 Å². The molecule has 20 heavy (non-hydrogen) atoms. The lowest BCUT2D eigenvalue weighted by Crippen LogP contribution is -2.33. The lowest BCUT2D eigenvalue weighted by molar-refractivity contribution is 0.464. The second-order valence-electron chi connectivity index (χ2n) is 5.16. The Morgan fingerprint density at radius 1 is 1.45 bits per heavy atom. The van der Waals surface area contributed by atoms with E-state index in [-0.39, 0.29) is 0 Å². The van der Waals surface area contributed by atoms with Crippen molar-refractivity contribution < 1.29 is 4.21 Å². The normalized spacial score (nSPS) is 24.6. The van der Waals surface area contributed by atoms with Crippen molar-refractivity contribution in [1.82, 2.24) is 9.97 Å². The Kier molecular flexibility index (Phi) is 4.31. The van der Waals surface area contributed by atoms with Gasteiger partial charge < -0.3 is 5.32 Å². The van der Waals surface area contributed by atoms with E-state index in [1.54, 1.807) is 17.7 Å². The van der Waals surface area contributed by atoms with Crippen LogP contribution in [0.3, 0.4) is 0 Å². The molecule has 1 fully saturated rings. The Bertz CT molecular complexity index is 613. The summed E-state index contributed by atoms with van der Waals surface area (Å²) in [6.45, 7) is 2.01. The van der Waals surface area contributed by atoms with E-state index in [1.807, 2.05) is 12.3 Å². The van der Waals surface area contributed by atoms with Gasteiger partial charge in [-0.15, -0.1) is 11.3 Å². The van der Waals surface area contributed by atoms with Crippen LogP contribution in [-0.4, -0.2) is 31.2 Å². The van der Waals surface area contributed by atoms with Crippen LogP contribution in [0.15, 0.2) is 17.8 Å². The summed E-state index contributed by atoms with van der Waals surface area (Å²) in [5.41, 5.74) is 0. The maximum absolute atomic E-state index is 12.0. The molecule has 1 saturated carbocycles. The topological polar surface area (TPSA) is 54.9 Å². The quantitative estimate of drug-likeness (QED) is 0.942. The summed E-state index contributed by atoms with van der Waals surface area (Å²) < 4.78 is 12.0. The van der Waals surface area contributed by atoms with E-state index in [2.05, 4.69) is 21.4 Å². The minimum Gasteiger partial charge on any atom is -0.367 e. The Balaban J connectivity index is 1.74. The van der Waals surface area contributed by atoms with Crippen LogP contribution in [0.1, 0.15) is 32.6 Å². The Hall–Kier alpha value is -1.01. The average Bonchev–Trinajstić information content (AvgIpc) is 2.96. The Labute approximate surface area is 125 Å². The van der Waals surface area contributed by atoms with Crippen molar-refractivity contribution in [3.8, 4) is 0 Å². The minimum absolute atomic E-state index is 0.339. The van der Waals surface area contributed by atoms with Crippen LogP contribution < -0.4 is 5.32 Å². The highest BCUT2D eigenvalue weighted by Crippen LogP contribution is 2.28. The third kappa shape index (κ3) is 2.86. The molecule has 1 N–H and O–H groups in total. The molecule has 0 bridgehead atoms. The molecular weight excluding hydrogens is 290 g/mol. The molecule has 3 rings (SSSR count). The molecule has 0 amide bonds. The second kappa shape index (κ2) is 6.18. The first-order valence-corrected chi connectivity index (χ1v) is 9.36. The minimum atomic E-state index is -0.682. The van der Waals surface area contributed by atoms with Crippen LogP contribution in [0.2, 0.25) is 0 Å². The SMILES string of the molecule is CCS(=O)C1CCCC(Nc2ncnc3sccc23)C1. The van der Waals surface area contributed by atoms with Gasteiger partial charge in [-0.2, -0.15) is 0 Å². The van der Waals surface area contributed by atoms with E-state index >= 15 is 0 Å². The highest BCUT2D eigenvalue weighted by molar-refractivity contribution is 7.85. The van der Waals surface area contributed by atoms with E-state index in [9.17, 15) is 4.21 Å². The Morgan fingerprint density at radius 2 is 2.35 bits per heavy atom. The first-order chi connectivity index (χ1) is 9.78. The van der Waals surface area contributed by atoms with E-state index in [4.69, 9.17) is 0 Å². The standard InChI is InChI=1S/C14H19N3OS2/c1-2-20(18)11-5-3-4-10(8-11)17-13-12-6-7-19-14(12)16-9-15-13/h6-7,9-11H,2-5,8H2,1H3,(H,15,16,17). The molecule has 6 heteroatoms. The largest absolute Gasteiger partial charge is 0.367 e. The van der Waals surface area contributed by atoms with Crippen molar-refractivity contribution in [3.05, 3.63) is 17.8 Å². The fraction of sp³-hybridized carbons (Fsp3) is 0.571. The van der Waals surface area contributed by atoms with E-state index in [0.29, 0.717) is 11.3 Å². The van der Waals surface area contributed by atoms with E-state index in [0.717, 1.165) is 47.5 Å². The van der Waals surface area contributed by atoms with Gasteiger partial charge in [0, 0.05) is 27.8 Å². The third-order valence-electron chi connectivity index (χ3n) is 3.88. The van der Waals surface area contributed by atoms with Gasteiger partial charge >= 0.3 is 0 Å². The number of aromatic nitrogens is 2. The molecule has 3 unspecified atom stereocenters. The zero-order valence-electron chi connectivity index (χ0n) is 11.5. The molecule has 0 aromatic carbocycles. The van der Waals surface area contributed by atoms with Crippen LogP contribution in [-0.2, 0) is 10.8 Å². The predicted molar refractivity (Wildman–Crippen MR) is 85.8 cm³/mol. The summed E-state index contributed by atoms with van der Waals surface area (Å²) in [6.07, 6.45) is 5.97. The van der Waals surface area contributed by atoms with Crippen molar-refractivity contribution in [2.75, 3.05) is 11.1 Å². The van der Waals surface area contributed by atoms with Gasteiger partial charge in [0.25, 0.3) is 0 Å². The van der Waals surface area contributed by atoms with Gasteiger partial charge in [-0.1, -0.05) is 13.3 Å². The van der Waals surface area contributed by atoms with E-state index in [1.165, 1.54) is 0 Å². The molecule has 4 nitrogen and oxygen atoms in total. The summed E-state index contributed by atoms with van der Waals surface area (Å²) in [5, 5.41) is 7.01. The van der Waals surface area contributed by atoms with Gasteiger partial charge in [0.05, 0.1) is 5.39 Å². The summed E-state index contributed by atoms with van der Waals surface area (Å²) in [5.74, 6) is 1.68. The van der Waals surface area contributed by atoms with Crippen molar-refractivity contribution in [3.63, 3.8) is 0 Å². The Morgan fingerprint density at radius 3 is 3.20 bits per heavy atom. The number of anilines is 1. The smallest absolute Gasteiger partial charge is 0.138 e. The van der Waals surface area contributed by atoms with Crippen molar-refractivity contribution in [2.45, 2.75) is 43.9 Å². The highest BCUT2D eigenvalue weighted by atomic mass is 32.2. The molecule has 3 atom stereocenters. The number of nitrogens with zero attached hydrogens (tertiary/aromatic N) is 2. The number of thiophene rings is 1. The van der Waals surface area contributed by atoms with Gasteiger partial charge in [-0.05, 0) is 30.7 Å². The lowest BCUT2D eigenvalue weighted by Gasteiger charge is -2.29. The summed E-state index contributed by atoms with van der Waals surface area (Å²) in [7, 11) is -0.682. The molecule has 2 aromatic heterocycles. The highest BCUT2D eigenvalue weighted by Gasteiger charge is 2.26. The molecule has 0 aliphatic heterocycles. The average molecular weight is 309 g/mol. The summed E-state index contributed by atoms with van der Waals surface area (Å²) >= 11 is 1.63. The first-order valence-electron chi connectivity index (χ1n) is 7.10. The van der Waals surface area contributed by atoms with Gasteiger partial charge in [0.1, 0.15) is 17.0 Å². The summed E-state index contributed by atoms with van der Waals surface area (Å²) in [4.78, 5) is 9.66. The van der Waals surface area contributed by atoms with Gasteiger partial charge in [0.15, 0.2) is 0 Å². The molecule has 0 spiro atoms. The number of fused-ring (bicyclic) bond motifs is 1. The zero-order chi connectivity index (χ0) is 13.9. The monoisotopic (exact) mass is 309 g/mol. The molecule has 0 saturated heterocycles. The van der Waals surface area contributed by atoms with Crippen LogP contribution >= 0.6 is 11.3 Å². The lowest BCUT2D eigenvalue weighted by atomic mass is 9.95. The molecule has 1 aliphatic carbocycles. The van der Waals surface area contributed by atoms with Crippen LogP contribution in [0.25, 0.3) is 10.2 Å². The molecule has 2 heterocycles. The maximum Gasteiger partial charge on any atom is 0.138 e. The number of hydrogen-bond donors (Lipinski definition) is 1. The molecule has 108 valence electrons. The molecule has 2 aromatic rings. The fourth-order valence-electron chi connectivity index (χ4n) is 2.85. The van der Waals surface area contributed by atoms with Gasteiger partial charge in [0.2, 0.25) is 0 Å². The molecule has 1 aliphatic rings. The van der Waals surface area contributed by atoms with Crippen LogP contribution in [0, 0.1) is 0 Å². The summed E-state index contributed by atoms with van der Waals surface area (Å²) in [6, 6.07) is 2.44. The zero-order valence-corrected chi connectivity index (χ0v) is 13.2. The van der Waals surface area contributed by atoms with Crippen molar-refractivity contribution in [1.29, 1.82) is 0 Å². The number of rotatable bonds is 4.